The van der Waals surface area contributed by atoms with E-state index in [0.29, 0.717) is 10.7 Å². The summed E-state index contributed by atoms with van der Waals surface area (Å²) in [6, 6.07) is 5.66. The van der Waals surface area contributed by atoms with Crippen molar-refractivity contribution in [3.05, 3.63) is 29.3 Å². The van der Waals surface area contributed by atoms with Crippen LogP contribution in [0.4, 0.5) is 5.69 Å². The van der Waals surface area contributed by atoms with E-state index in [0.717, 1.165) is 11.1 Å². The highest BCUT2D eigenvalue weighted by atomic mass is 32.1. The minimum absolute atomic E-state index is 0.270. The van der Waals surface area contributed by atoms with Crippen molar-refractivity contribution in [3.63, 3.8) is 0 Å². The molecule has 0 aliphatic carbocycles. The smallest absolute Gasteiger partial charge is 0.191 e. The molecule has 1 aromatic carbocycles. The van der Waals surface area contributed by atoms with Crippen molar-refractivity contribution in [1.82, 2.24) is 0 Å². The van der Waals surface area contributed by atoms with Crippen LogP contribution in [-0.4, -0.2) is 10.7 Å². The highest BCUT2D eigenvalue weighted by molar-refractivity contribution is 7.80. The molecule has 0 unspecified atom stereocenters. The zero-order valence-corrected chi connectivity index (χ0v) is 10.4. The number of hydrogen-bond acceptors (Lipinski definition) is 3. The van der Waals surface area contributed by atoms with E-state index in [4.69, 9.17) is 22.7 Å². The lowest BCUT2D eigenvalue weighted by molar-refractivity contribution is 0.122. The monoisotopic (exact) mass is 223 g/mol. The maximum Gasteiger partial charge on any atom is 0.191 e. The van der Waals surface area contributed by atoms with Crippen LogP contribution in [0.5, 0.6) is 0 Å². The average Bonchev–Trinajstić information content (AvgIpc) is 2.06. The van der Waals surface area contributed by atoms with E-state index in [-0.39, 0.29) is 5.60 Å². The summed E-state index contributed by atoms with van der Waals surface area (Å²) in [5.74, 6) is 0. The Balaban J connectivity index is 2.96. The maximum atomic E-state index is 5.71. The van der Waals surface area contributed by atoms with Gasteiger partial charge >= 0.3 is 0 Å². The van der Waals surface area contributed by atoms with Gasteiger partial charge in [0.15, 0.2) is 5.05 Å². The topological polar surface area (TPSA) is 35.2 Å². The van der Waals surface area contributed by atoms with Gasteiger partial charge < -0.3 is 10.5 Å². The highest BCUT2D eigenvalue weighted by Gasteiger charge is 2.16. The van der Waals surface area contributed by atoms with Crippen molar-refractivity contribution >= 4 is 23.0 Å². The highest BCUT2D eigenvalue weighted by Crippen LogP contribution is 2.18. The molecule has 1 aromatic rings. The Bertz CT molecular complexity index is 380. The van der Waals surface area contributed by atoms with Crippen LogP contribution in [-0.2, 0) is 4.74 Å². The second kappa shape index (κ2) is 4.19. The summed E-state index contributed by atoms with van der Waals surface area (Å²) in [5, 5.41) is 0.507. The molecule has 2 N–H and O–H groups in total. The minimum atomic E-state index is -0.270. The number of nitrogens with two attached hydrogens (primary N) is 1. The molecular formula is C12H17NOS. The molecule has 0 fully saturated rings. The predicted molar refractivity (Wildman–Crippen MR) is 68.1 cm³/mol. The molecule has 0 amide bonds. The normalized spacial score (nSPS) is 11.2. The van der Waals surface area contributed by atoms with E-state index in [1.165, 1.54) is 0 Å². The lowest BCUT2D eigenvalue weighted by Crippen LogP contribution is -2.23. The quantitative estimate of drug-likeness (QED) is 0.587. The van der Waals surface area contributed by atoms with Crippen molar-refractivity contribution in [1.29, 1.82) is 0 Å². The number of thiocarbonyl (C=S) groups is 1. The van der Waals surface area contributed by atoms with Gasteiger partial charge in [0.25, 0.3) is 0 Å². The zero-order valence-electron chi connectivity index (χ0n) is 9.63. The summed E-state index contributed by atoms with van der Waals surface area (Å²) in [6.45, 7) is 7.91. The van der Waals surface area contributed by atoms with Crippen molar-refractivity contribution in [2.45, 2.75) is 33.3 Å². The molecule has 0 aliphatic rings. The SMILES string of the molecule is Cc1ccc(N)cc1C(=S)OC(C)(C)C. The summed E-state index contributed by atoms with van der Waals surface area (Å²) < 4.78 is 5.64. The first-order chi connectivity index (χ1) is 6.79. The number of ether oxygens (including phenoxy) is 1. The molecule has 3 heteroatoms. The van der Waals surface area contributed by atoms with Crippen LogP contribution in [0.2, 0.25) is 0 Å². The summed E-state index contributed by atoms with van der Waals surface area (Å²) in [6.07, 6.45) is 0. The molecule has 0 bridgehead atoms. The van der Waals surface area contributed by atoms with Crippen LogP contribution < -0.4 is 5.73 Å². The van der Waals surface area contributed by atoms with Gasteiger partial charge in [-0.25, -0.2) is 0 Å². The van der Waals surface area contributed by atoms with Crippen LogP contribution in [0, 0.1) is 6.92 Å². The Morgan fingerprint density at radius 3 is 2.47 bits per heavy atom. The van der Waals surface area contributed by atoms with Gasteiger partial charge in [0.05, 0.1) is 0 Å². The van der Waals surface area contributed by atoms with Crippen molar-refractivity contribution in [2.75, 3.05) is 5.73 Å². The van der Waals surface area contributed by atoms with Gasteiger partial charge in [0.2, 0.25) is 0 Å². The first-order valence-corrected chi connectivity index (χ1v) is 5.30. The van der Waals surface area contributed by atoms with Gasteiger partial charge in [-0.3, -0.25) is 0 Å². The van der Waals surface area contributed by atoms with Crippen molar-refractivity contribution < 1.29 is 4.74 Å². The van der Waals surface area contributed by atoms with Gasteiger partial charge in [-0.05, 0) is 57.6 Å². The summed E-state index contributed by atoms with van der Waals surface area (Å²) >= 11 is 5.24. The molecule has 0 atom stereocenters. The van der Waals surface area contributed by atoms with E-state index in [2.05, 4.69) is 0 Å². The van der Waals surface area contributed by atoms with Gasteiger partial charge in [0.1, 0.15) is 5.60 Å². The van der Waals surface area contributed by atoms with Crippen LogP contribution in [0.25, 0.3) is 0 Å². The first-order valence-electron chi connectivity index (χ1n) is 4.89. The fourth-order valence-corrected chi connectivity index (χ4v) is 1.66. The molecule has 0 radical (unpaired) electrons. The molecular weight excluding hydrogens is 206 g/mol. The molecule has 0 spiro atoms. The molecule has 0 saturated heterocycles. The summed E-state index contributed by atoms with van der Waals surface area (Å²) in [4.78, 5) is 0. The van der Waals surface area contributed by atoms with Gasteiger partial charge in [-0.2, -0.15) is 0 Å². The van der Waals surface area contributed by atoms with Crippen molar-refractivity contribution in [2.24, 2.45) is 0 Å². The molecule has 2 nitrogen and oxygen atoms in total. The molecule has 1 rings (SSSR count). The zero-order chi connectivity index (χ0) is 11.6. The van der Waals surface area contributed by atoms with E-state index >= 15 is 0 Å². The fourth-order valence-electron chi connectivity index (χ4n) is 1.19. The molecule has 0 saturated carbocycles. The average molecular weight is 223 g/mol. The third-order valence-electron chi connectivity index (χ3n) is 1.88. The molecule has 0 aromatic heterocycles. The second-order valence-electron chi connectivity index (χ2n) is 4.58. The maximum absolute atomic E-state index is 5.71. The Kier molecular flexibility index (Phi) is 3.35. The number of benzene rings is 1. The Morgan fingerprint density at radius 1 is 1.33 bits per heavy atom. The van der Waals surface area contributed by atoms with Crippen LogP contribution in [0.1, 0.15) is 31.9 Å². The van der Waals surface area contributed by atoms with Crippen LogP contribution in [0.15, 0.2) is 18.2 Å². The summed E-state index contributed by atoms with van der Waals surface area (Å²) in [5.41, 5.74) is 8.13. The van der Waals surface area contributed by atoms with E-state index in [1.807, 2.05) is 45.9 Å². The Morgan fingerprint density at radius 2 is 1.93 bits per heavy atom. The van der Waals surface area contributed by atoms with Crippen LogP contribution >= 0.6 is 12.2 Å². The molecule has 82 valence electrons. The Labute approximate surface area is 96.4 Å². The summed E-state index contributed by atoms with van der Waals surface area (Å²) in [7, 11) is 0. The van der Waals surface area contributed by atoms with Gasteiger partial charge in [0, 0.05) is 11.3 Å². The minimum Gasteiger partial charge on any atom is -0.477 e. The van der Waals surface area contributed by atoms with E-state index < -0.39 is 0 Å². The van der Waals surface area contributed by atoms with Crippen LogP contribution in [0.3, 0.4) is 0 Å². The van der Waals surface area contributed by atoms with E-state index in [1.54, 1.807) is 0 Å². The lowest BCUT2D eigenvalue weighted by atomic mass is 10.1. The number of anilines is 1. The number of nitrogen functional groups attached to an aromatic ring is 1. The molecule has 0 aliphatic heterocycles. The predicted octanol–water partition coefficient (Wildman–Crippen LogP) is 3.07. The largest absolute Gasteiger partial charge is 0.477 e. The standard InChI is InChI=1S/C12H17NOS/c1-8-5-6-9(13)7-10(8)11(15)14-12(2,3)4/h5-7H,13H2,1-4H3. The Hall–Kier alpha value is -1.09. The van der Waals surface area contributed by atoms with Gasteiger partial charge in [-0.1, -0.05) is 6.07 Å². The molecule has 15 heavy (non-hydrogen) atoms. The lowest BCUT2D eigenvalue weighted by Gasteiger charge is -2.22. The third kappa shape index (κ3) is 3.51. The number of aryl methyl sites for hydroxylation is 1. The third-order valence-corrected chi connectivity index (χ3v) is 2.18. The molecule has 0 heterocycles. The van der Waals surface area contributed by atoms with Gasteiger partial charge in [-0.15, -0.1) is 0 Å². The number of rotatable bonds is 1. The first kappa shape index (κ1) is 12.0. The fraction of sp³-hybridized carbons (Fsp3) is 0.417. The van der Waals surface area contributed by atoms with E-state index in [9.17, 15) is 0 Å². The van der Waals surface area contributed by atoms with Crippen molar-refractivity contribution in [3.8, 4) is 0 Å². The second-order valence-corrected chi connectivity index (χ2v) is 4.95. The number of hydrogen-bond donors (Lipinski definition) is 1.